The molecule has 1 aliphatic carbocycles. The van der Waals surface area contributed by atoms with Crippen molar-refractivity contribution < 1.29 is 9.90 Å². The normalized spacial score (nSPS) is 26.6. The maximum Gasteiger partial charge on any atom is 0.324 e. The highest BCUT2D eigenvalue weighted by atomic mass is 16.4. The van der Waals surface area contributed by atoms with Gasteiger partial charge in [0.2, 0.25) is 0 Å². The van der Waals surface area contributed by atoms with Crippen LogP contribution in [0.15, 0.2) is 0 Å². The van der Waals surface area contributed by atoms with Gasteiger partial charge in [-0.1, -0.05) is 27.2 Å². The highest BCUT2D eigenvalue weighted by molar-refractivity contribution is 5.79. The van der Waals surface area contributed by atoms with Crippen molar-refractivity contribution in [1.29, 1.82) is 0 Å². The Morgan fingerprint density at radius 1 is 1.50 bits per heavy atom. The molecule has 20 heavy (non-hydrogen) atoms. The number of rotatable bonds is 9. The highest BCUT2D eigenvalue weighted by Crippen LogP contribution is 2.38. The Hall–Kier alpha value is -0.610. The Labute approximate surface area is 123 Å². The van der Waals surface area contributed by atoms with E-state index in [9.17, 15) is 9.90 Å². The van der Waals surface area contributed by atoms with Crippen LogP contribution in [-0.4, -0.2) is 48.2 Å². The third-order valence-corrected chi connectivity index (χ3v) is 4.43. The Balaban J connectivity index is 2.59. The van der Waals surface area contributed by atoms with Gasteiger partial charge in [0, 0.05) is 6.54 Å². The van der Waals surface area contributed by atoms with Crippen molar-refractivity contribution in [2.24, 2.45) is 11.8 Å². The second-order valence-electron chi connectivity index (χ2n) is 6.74. The monoisotopic (exact) mass is 284 g/mol. The summed E-state index contributed by atoms with van der Waals surface area (Å²) >= 11 is 0. The third kappa shape index (κ3) is 4.45. The molecule has 0 aromatic heterocycles. The van der Waals surface area contributed by atoms with Crippen molar-refractivity contribution >= 4 is 5.97 Å². The van der Waals surface area contributed by atoms with Crippen LogP contribution in [0.5, 0.6) is 0 Å². The molecule has 1 saturated carbocycles. The molecule has 2 atom stereocenters. The molecular formula is C16H32N2O2. The zero-order valence-electron chi connectivity index (χ0n) is 13.6. The van der Waals surface area contributed by atoms with E-state index in [1.807, 2.05) is 0 Å². The molecule has 2 N–H and O–H groups in total. The van der Waals surface area contributed by atoms with Gasteiger partial charge in [0.05, 0.1) is 0 Å². The van der Waals surface area contributed by atoms with Crippen LogP contribution in [0.4, 0.5) is 0 Å². The second-order valence-corrected chi connectivity index (χ2v) is 6.74. The molecule has 1 fully saturated rings. The van der Waals surface area contributed by atoms with Gasteiger partial charge in [0.1, 0.15) is 5.54 Å². The van der Waals surface area contributed by atoms with Gasteiger partial charge in [0.25, 0.3) is 0 Å². The molecule has 4 nitrogen and oxygen atoms in total. The van der Waals surface area contributed by atoms with E-state index in [0.717, 1.165) is 51.7 Å². The van der Waals surface area contributed by atoms with Gasteiger partial charge in [-0.3, -0.25) is 4.79 Å². The van der Waals surface area contributed by atoms with E-state index in [0.29, 0.717) is 5.92 Å². The highest BCUT2D eigenvalue weighted by Gasteiger charge is 2.48. The molecular weight excluding hydrogens is 252 g/mol. The van der Waals surface area contributed by atoms with E-state index in [4.69, 9.17) is 0 Å². The Morgan fingerprint density at radius 2 is 2.20 bits per heavy atom. The summed E-state index contributed by atoms with van der Waals surface area (Å²) in [5.74, 6) is 0.271. The Kier molecular flexibility index (Phi) is 6.96. The third-order valence-electron chi connectivity index (χ3n) is 4.43. The minimum absolute atomic E-state index is 0.265. The van der Waals surface area contributed by atoms with Crippen LogP contribution in [0.25, 0.3) is 0 Å². The average Bonchev–Trinajstić information content (AvgIpc) is 2.77. The lowest BCUT2D eigenvalue weighted by atomic mass is 9.84. The van der Waals surface area contributed by atoms with Crippen molar-refractivity contribution in [2.75, 3.05) is 26.7 Å². The van der Waals surface area contributed by atoms with Crippen molar-refractivity contribution in [1.82, 2.24) is 10.2 Å². The molecule has 0 saturated heterocycles. The number of hydrogen-bond donors (Lipinski definition) is 2. The summed E-state index contributed by atoms with van der Waals surface area (Å²) in [7, 11) is 2.14. The molecule has 0 spiro atoms. The molecule has 1 aliphatic rings. The quantitative estimate of drug-likeness (QED) is 0.683. The Morgan fingerprint density at radius 3 is 2.75 bits per heavy atom. The summed E-state index contributed by atoms with van der Waals surface area (Å²) in [5, 5.41) is 13.0. The van der Waals surface area contributed by atoms with Crippen LogP contribution < -0.4 is 5.32 Å². The van der Waals surface area contributed by atoms with E-state index < -0.39 is 11.5 Å². The van der Waals surface area contributed by atoms with Gasteiger partial charge in [-0.2, -0.15) is 0 Å². The molecule has 0 aromatic carbocycles. The molecule has 4 heteroatoms. The van der Waals surface area contributed by atoms with E-state index in [-0.39, 0.29) is 5.92 Å². The van der Waals surface area contributed by atoms with Crippen molar-refractivity contribution in [2.45, 2.75) is 58.4 Å². The summed E-state index contributed by atoms with van der Waals surface area (Å²) < 4.78 is 0. The van der Waals surface area contributed by atoms with Gasteiger partial charge in [0.15, 0.2) is 0 Å². The lowest BCUT2D eigenvalue weighted by Gasteiger charge is -2.33. The standard InChI is InChI=1S/C16H32N2O2/c1-5-10-17-16(15(19)20)9-6-7-14(16)8-11-18(4)12-13(2)3/h13-14,17H,5-12H2,1-4H3,(H,19,20). The smallest absolute Gasteiger partial charge is 0.324 e. The average molecular weight is 284 g/mol. The molecule has 0 radical (unpaired) electrons. The predicted octanol–water partition coefficient (Wildman–Crippen LogP) is 2.59. The van der Waals surface area contributed by atoms with E-state index in [1.165, 1.54) is 0 Å². The fourth-order valence-corrected chi connectivity index (χ4v) is 3.50. The second kappa shape index (κ2) is 7.99. The summed E-state index contributed by atoms with van der Waals surface area (Å²) in [4.78, 5) is 14.1. The lowest BCUT2D eigenvalue weighted by Crippen LogP contribution is -2.55. The fraction of sp³-hybridized carbons (Fsp3) is 0.938. The molecule has 0 amide bonds. The summed E-state index contributed by atoms with van der Waals surface area (Å²) in [6.45, 7) is 9.39. The van der Waals surface area contributed by atoms with Crippen LogP contribution >= 0.6 is 0 Å². The first-order valence-corrected chi connectivity index (χ1v) is 8.09. The number of aliphatic carboxylic acids is 1. The first-order chi connectivity index (χ1) is 9.42. The largest absolute Gasteiger partial charge is 0.480 e. The number of carboxylic acids is 1. The predicted molar refractivity (Wildman–Crippen MR) is 83.0 cm³/mol. The van der Waals surface area contributed by atoms with Crippen LogP contribution in [0.3, 0.4) is 0 Å². The molecule has 0 heterocycles. The Bertz CT molecular complexity index is 307. The number of nitrogens with zero attached hydrogens (tertiary/aromatic N) is 1. The molecule has 118 valence electrons. The number of hydrogen-bond acceptors (Lipinski definition) is 3. The van der Waals surface area contributed by atoms with Crippen LogP contribution in [0.2, 0.25) is 0 Å². The summed E-state index contributed by atoms with van der Waals surface area (Å²) in [6.07, 6.45) is 4.81. The first kappa shape index (κ1) is 17.4. The van der Waals surface area contributed by atoms with Gasteiger partial charge >= 0.3 is 5.97 Å². The van der Waals surface area contributed by atoms with Crippen molar-refractivity contribution in [3.05, 3.63) is 0 Å². The zero-order chi connectivity index (χ0) is 15.2. The van der Waals surface area contributed by atoms with Gasteiger partial charge < -0.3 is 15.3 Å². The summed E-state index contributed by atoms with van der Waals surface area (Å²) in [6, 6.07) is 0. The van der Waals surface area contributed by atoms with E-state index in [2.05, 4.69) is 38.0 Å². The first-order valence-electron chi connectivity index (χ1n) is 8.09. The fourth-order valence-electron chi connectivity index (χ4n) is 3.50. The van der Waals surface area contributed by atoms with Gasteiger partial charge in [-0.05, 0) is 57.7 Å². The van der Waals surface area contributed by atoms with E-state index >= 15 is 0 Å². The van der Waals surface area contributed by atoms with Crippen molar-refractivity contribution in [3.63, 3.8) is 0 Å². The molecule has 1 rings (SSSR count). The van der Waals surface area contributed by atoms with Gasteiger partial charge in [-0.25, -0.2) is 0 Å². The van der Waals surface area contributed by atoms with Crippen LogP contribution in [-0.2, 0) is 4.79 Å². The summed E-state index contributed by atoms with van der Waals surface area (Å²) in [5.41, 5.74) is -0.672. The zero-order valence-corrected chi connectivity index (χ0v) is 13.6. The maximum absolute atomic E-state index is 11.8. The number of carboxylic acid groups (broad SMARTS) is 1. The molecule has 0 bridgehead atoms. The van der Waals surface area contributed by atoms with E-state index in [1.54, 1.807) is 0 Å². The van der Waals surface area contributed by atoms with Crippen LogP contribution in [0.1, 0.15) is 52.9 Å². The topological polar surface area (TPSA) is 52.6 Å². The minimum atomic E-state index is -0.672. The lowest BCUT2D eigenvalue weighted by molar-refractivity contribution is -0.146. The maximum atomic E-state index is 11.8. The van der Waals surface area contributed by atoms with Crippen molar-refractivity contribution in [3.8, 4) is 0 Å². The molecule has 2 unspecified atom stereocenters. The molecule has 0 aliphatic heterocycles. The van der Waals surface area contributed by atoms with Gasteiger partial charge in [-0.15, -0.1) is 0 Å². The minimum Gasteiger partial charge on any atom is -0.480 e. The van der Waals surface area contributed by atoms with Crippen LogP contribution in [0, 0.1) is 11.8 Å². The number of nitrogens with one attached hydrogen (secondary N) is 1. The SMILES string of the molecule is CCCNC1(C(=O)O)CCCC1CCN(C)CC(C)C. The number of carbonyl (C=O) groups is 1. The molecule has 0 aromatic rings.